The van der Waals surface area contributed by atoms with Crippen LogP contribution < -0.4 is 5.32 Å². The van der Waals surface area contributed by atoms with Crippen LogP contribution in [-0.2, 0) is 9.47 Å². The molecule has 2 N–H and O–H groups in total. The molecule has 14 heavy (non-hydrogen) atoms. The molecular formula is C9H15NO4. The fourth-order valence-electron chi connectivity index (χ4n) is 2.12. The van der Waals surface area contributed by atoms with E-state index in [-0.39, 0.29) is 25.4 Å². The first-order chi connectivity index (χ1) is 6.79. The molecule has 0 radical (unpaired) electrons. The molecule has 2 saturated heterocycles. The van der Waals surface area contributed by atoms with Crippen LogP contribution in [0.3, 0.4) is 0 Å². The molecule has 3 atom stereocenters. The highest BCUT2D eigenvalue weighted by atomic mass is 16.6. The minimum absolute atomic E-state index is 0.0491. The van der Waals surface area contributed by atoms with Gasteiger partial charge in [-0.2, -0.15) is 0 Å². The predicted octanol–water partition coefficient (Wildman–Crippen LogP) is 0.0248. The van der Waals surface area contributed by atoms with Crippen molar-refractivity contribution in [2.24, 2.45) is 0 Å². The van der Waals surface area contributed by atoms with Crippen LogP contribution >= 0.6 is 0 Å². The third kappa shape index (κ3) is 1.99. The zero-order valence-corrected chi connectivity index (χ0v) is 7.94. The maximum atomic E-state index is 11.1. The van der Waals surface area contributed by atoms with Crippen molar-refractivity contribution in [3.63, 3.8) is 0 Å². The summed E-state index contributed by atoms with van der Waals surface area (Å²) in [6.45, 7) is -0.0891. The van der Waals surface area contributed by atoms with Crippen LogP contribution in [0.25, 0.3) is 0 Å². The van der Waals surface area contributed by atoms with Gasteiger partial charge in [0.05, 0.1) is 24.9 Å². The number of amides is 1. The van der Waals surface area contributed by atoms with Crippen molar-refractivity contribution in [3.8, 4) is 0 Å². The molecule has 0 aliphatic carbocycles. The molecule has 3 unspecified atom stereocenters. The molecule has 2 bridgehead atoms. The number of aliphatic hydroxyl groups is 1. The molecule has 0 aromatic rings. The number of nitrogens with one attached hydrogen (secondary N) is 1. The van der Waals surface area contributed by atoms with Gasteiger partial charge in [-0.05, 0) is 19.3 Å². The van der Waals surface area contributed by atoms with Gasteiger partial charge >= 0.3 is 6.09 Å². The summed E-state index contributed by atoms with van der Waals surface area (Å²) in [5.74, 6) is 0. The zero-order chi connectivity index (χ0) is 9.97. The van der Waals surface area contributed by atoms with E-state index in [0.29, 0.717) is 6.10 Å². The van der Waals surface area contributed by atoms with Crippen LogP contribution in [0.5, 0.6) is 0 Å². The largest absolute Gasteiger partial charge is 0.447 e. The van der Waals surface area contributed by atoms with Gasteiger partial charge in [-0.3, -0.25) is 0 Å². The molecule has 0 saturated carbocycles. The molecule has 0 spiro atoms. The number of hydrogen-bond donors (Lipinski definition) is 2. The van der Waals surface area contributed by atoms with Crippen LogP contribution in [0.1, 0.15) is 19.3 Å². The Labute approximate surface area is 82.4 Å². The van der Waals surface area contributed by atoms with Crippen LogP contribution in [0.2, 0.25) is 0 Å². The lowest BCUT2D eigenvalue weighted by Gasteiger charge is -2.19. The van der Waals surface area contributed by atoms with E-state index < -0.39 is 6.09 Å². The normalized spacial score (nSPS) is 34.5. The number of carbonyl (C=O) groups excluding carboxylic acids is 1. The first-order valence-corrected chi connectivity index (χ1v) is 4.99. The van der Waals surface area contributed by atoms with Crippen molar-refractivity contribution in [1.82, 2.24) is 5.32 Å². The summed E-state index contributed by atoms with van der Waals surface area (Å²) in [5, 5.41) is 11.2. The fourth-order valence-corrected chi connectivity index (χ4v) is 2.12. The molecule has 5 nitrogen and oxygen atoms in total. The van der Waals surface area contributed by atoms with E-state index in [4.69, 9.17) is 14.6 Å². The number of ether oxygens (including phenoxy) is 2. The Morgan fingerprint density at radius 3 is 3.00 bits per heavy atom. The summed E-state index contributed by atoms with van der Waals surface area (Å²) in [6, 6.07) is 0.0972. The second-order valence-corrected chi connectivity index (χ2v) is 3.72. The van der Waals surface area contributed by atoms with Gasteiger partial charge in [0.2, 0.25) is 0 Å². The molecule has 80 valence electrons. The second kappa shape index (κ2) is 4.14. The van der Waals surface area contributed by atoms with E-state index in [1.165, 1.54) is 0 Å². The van der Waals surface area contributed by atoms with E-state index in [1.54, 1.807) is 0 Å². The summed E-state index contributed by atoms with van der Waals surface area (Å²) in [4.78, 5) is 11.1. The van der Waals surface area contributed by atoms with Gasteiger partial charge in [0.25, 0.3) is 0 Å². The average molecular weight is 201 g/mol. The van der Waals surface area contributed by atoms with Crippen molar-refractivity contribution < 1.29 is 19.4 Å². The maximum absolute atomic E-state index is 11.1. The zero-order valence-electron chi connectivity index (χ0n) is 7.94. The summed E-state index contributed by atoms with van der Waals surface area (Å²) >= 11 is 0. The standard InChI is InChI=1S/C9H15NO4/c11-3-4-13-9(12)10-7-5-6-1-2-8(7)14-6/h6-8,11H,1-5H2,(H,10,12). The first kappa shape index (κ1) is 9.73. The Kier molecular flexibility index (Phi) is 2.88. The highest BCUT2D eigenvalue weighted by Crippen LogP contribution is 2.34. The van der Waals surface area contributed by atoms with Crippen LogP contribution in [0, 0.1) is 0 Å². The summed E-state index contributed by atoms with van der Waals surface area (Å²) in [5.41, 5.74) is 0. The topological polar surface area (TPSA) is 67.8 Å². The van der Waals surface area contributed by atoms with Gasteiger partial charge in [-0.25, -0.2) is 4.79 Å². The molecule has 0 aromatic heterocycles. The van der Waals surface area contributed by atoms with Gasteiger partial charge in [-0.15, -0.1) is 0 Å². The molecule has 5 heteroatoms. The molecule has 2 aliphatic heterocycles. The molecule has 2 fully saturated rings. The Balaban J connectivity index is 1.73. The summed E-state index contributed by atoms with van der Waals surface area (Å²) in [6.07, 6.45) is 3.05. The summed E-state index contributed by atoms with van der Waals surface area (Å²) in [7, 11) is 0. The molecule has 0 aromatic carbocycles. The van der Waals surface area contributed by atoms with Crippen molar-refractivity contribution in [2.75, 3.05) is 13.2 Å². The van der Waals surface area contributed by atoms with Crippen molar-refractivity contribution >= 4 is 6.09 Å². The molecule has 2 rings (SSSR count). The number of alkyl carbamates (subject to hydrolysis) is 1. The Morgan fingerprint density at radius 2 is 2.43 bits per heavy atom. The van der Waals surface area contributed by atoms with E-state index in [9.17, 15) is 4.79 Å². The smallest absolute Gasteiger partial charge is 0.407 e. The lowest BCUT2D eigenvalue weighted by molar-refractivity contribution is 0.0900. The minimum atomic E-state index is -0.458. The van der Waals surface area contributed by atoms with E-state index in [1.807, 2.05) is 0 Å². The Hall–Kier alpha value is -0.810. The van der Waals surface area contributed by atoms with Crippen LogP contribution in [-0.4, -0.2) is 42.7 Å². The van der Waals surface area contributed by atoms with Crippen molar-refractivity contribution in [1.29, 1.82) is 0 Å². The summed E-state index contributed by atoms with van der Waals surface area (Å²) < 4.78 is 10.3. The maximum Gasteiger partial charge on any atom is 0.407 e. The predicted molar refractivity (Wildman–Crippen MR) is 47.9 cm³/mol. The van der Waals surface area contributed by atoms with Gasteiger partial charge in [0, 0.05) is 0 Å². The highest BCUT2D eigenvalue weighted by Gasteiger charge is 2.41. The molecule has 2 heterocycles. The monoisotopic (exact) mass is 201 g/mol. The number of hydrogen-bond acceptors (Lipinski definition) is 4. The number of carbonyl (C=O) groups is 1. The molecule has 2 aliphatic rings. The molecular weight excluding hydrogens is 186 g/mol. The minimum Gasteiger partial charge on any atom is -0.447 e. The number of fused-ring (bicyclic) bond motifs is 2. The van der Waals surface area contributed by atoms with Crippen molar-refractivity contribution in [3.05, 3.63) is 0 Å². The first-order valence-electron chi connectivity index (χ1n) is 4.99. The van der Waals surface area contributed by atoms with Gasteiger partial charge in [0.15, 0.2) is 0 Å². The average Bonchev–Trinajstić information content (AvgIpc) is 2.76. The number of rotatable bonds is 3. The fraction of sp³-hybridized carbons (Fsp3) is 0.889. The van der Waals surface area contributed by atoms with Gasteiger partial charge in [0.1, 0.15) is 6.61 Å². The van der Waals surface area contributed by atoms with Crippen LogP contribution in [0.15, 0.2) is 0 Å². The SMILES string of the molecule is O=C(NC1CC2CCC1O2)OCCO. The van der Waals surface area contributed by atoms with E-state index >= 15 is 0 Å². The Bertz CT molecular complexity index is 221. The lowest BCUT2D eigenvalue weighted by atomic mass is 9.96. The van der Waals surface area contributed by atoms with Crippen LogP contribution in [0.4, 0.5) is 4.79 Å². The van der Waals surface area contributed by atoms with E-state index in [0.717, 1.165) is 19.3 Å². The molecule has 1 amide bonds. The number of aliphatic hydroxyl groups excluding tert-OH is 1. The highest BCUT2D eigenvalue weighted by molar-refractivity contribution is 5.67. The third-order valence-corrected chi connectivity index (χ3v) is 2.73. The second-order valence-electron chi connectivity index (χ2n) is 3.72. The third-order valence-electron chi connectivity index (χ3n) is 2.73. The van der Waals surface area contributed by atoms with Crippen molar-refractivity contribution in [2.45, 2.75) is 37.5 Å². The quantitative estimate of drug-likeness (QED) is 0.675. The van der Waals surface area contributed by atoms with Gasteiger partial charge in [-0.1, -0.05) is 0 Å². The Morgan fingerprint density at radius 1 is 1.57 bits per heavy atom. The van der Waals surface area contributed by atoms with E-state index in [2.05, 4.69) is 5.32 Å². The lowest BCUT2D eigenvalue weighted by Crippen LogP contribution is -2.41. The van der Waals surface area contributed by atoms with Gasteiger partial charge < -0.3 is 19.9 Å².